The molecule has 20 heavy (non-hydrogen) atoms. The smallest absolute Gasteiger partial charge is 0.233 e. The van der Waals surface area contributed by atoms with Crippen LogP contribution in [0.1, 0.15) is 32.3 Å². The summed E-state index contributed by atoms with van der Waals surface area (Å²) in [6.45, 7) is 5.13. The molecule has 1 N–H and O–H groups in total. The highest BCUT2D eigenvalue weighted by atomic mass is 79.9. The number of fused-ring (bicyclic) bond motifs is 1. The normalized spacial score (nSPS) is 18.9. The second kappa shape index (κ2) is 7.51. The van der Waals surface area contributed by atoms with Gasteiger partial charge in [-0.05, 0) is 24.0 Å². The number of nitrogens with one attached hydrogen (secondary N) is 1. The lowest BCUT2D eigenvalue weighted by atomic mass is 9.99. The Balaban J connectivity index is 1.82. The van der Waals surface area contributed by atoms with E-state index in [2.05, 4.69) is 47.2 Å². The minimum Gasteiger partial charge on any atom is -0.354 e. The minimum atomic E-state index is 0.0359. The van der Waals surface area contributed by atoms with Gasteiger partial charge in [-0.3, -0.25) is 4.79 Å². The van der Waals surface area contributed by atoms with Crippen LogP contribution in [0.4, 0.5) is 0 Å². The Kier molecular flexibility index (Phi) is 5.97. The lowest BCUT2D eigenvalue weighted by molar-refractivity contribution is -0.120. The first-order valence-electron chi connectivity index (χ1n) is 7.32. The van der Waals surface area contributed by atoms with Crippen molar-refractivity contribution < 1.29 is 4.79 Å². The second-order valence-corrected chi connectivity index (χ2v) is 7.68. The van der Waals surface area contributed by atoms with E-state index in [1.54, 1.807) is 11.8 Å². The Bertz CT molecular complexity index is 437. The van der Waals surface area contributed by atoms with E-state index in [1.807, 2.05) is 12.1 Å². The van der Waals surface area contributed by atoms with Crippen molar-refractivity contribution in [1.82, 2.24) is 5.32 Å². The minimum absolute atomic E-state index is 0.0359. The summed E-state index contributed by atoms with van der Waals surface area (Å²) in [6.07, 6.45) is 3.14. The molecule has 1 aromatic carbocycles. The maximum absolute atomic E-state index is 12.3. The molecule has 0 bridgehead atoms. The SMILES string of the molecule is CCC(CC)C(Br)CNC(=O)C1Cc2ccccc2S1. The number of hydrogen-bond acceptors (Lipinski definition) is 2. The molecule has 2 rings (SSSR count). The van der Waals surface area contributed by atoms with Gasteiger partial charge < -0.3 is 5.32 Å². The predicted molar refractivity (Wildman–Crippen MR) is 89.6 cm³/mol. The highest BCUT2D eigenvalue weighted by molar-refractivity contribution is 9.09. The van der Waals surface area contributed by atoms with Gasteiger partial charge in [0.25, 0.3) is 0 Å². The second-order valence-electron chi connectivity index (χ2n) is 5.26. The van der Waals surface area contributed by atoms with Gasteiger partial charge in [-0.25, -0.2) is 0 Å². The first kappa shape index (κ1) is 15.9. The fraction of sp³-hybridized carbons (Fsp3) is 0.562. The maximum atomic E-state index is 12.3. The van der Waals surface area contributed by atoms with Crippen LogP contribution in [-0.4, -0.2) is 22.5 Å². The molecule has 1 aliphatic heterocycles. The lowest BCUT2D eigenvalue weighted by Gasteiger charge is -2.20. The number of rotatable bonds is 6. The van der Waals surface area contributed by atoms with E-state index in [0.29, 0.717) is 10.7 Å². The quantitative estimate of drug-likeness (QED) is 0.780. The van der Waals surface area contributed by atoms with Crippen LogP contribution < -0.4 is 5.32 Å². The van der Waals surface area contributed by atoms with Crippen LogP contribution >= 0.6 is 27.7 Å². The van der Waals surface area contributed by atoms with Crippen LogP contribution in [0.3, 0.4) is 0 Å². The van der Waals surface area contributed by atoms with E-state index in [-0.39, 0.29) is 11.2 Å². The molecule has 0 saturated heterocycles. The van der Waals surface area contributed by atoms with Crippen molar-refractivity contribution in [3.63, 3.8) is 0 Å². The molecule has 1 amide bonds. The Hall–Kier alpha value is -0.480. The van der Waals surface area contributed by atoms with Crippen LogP contribution in [0.25, 0.3) is 0 Å². The zero-order valence-corrected chi connectivity index (χ0v) is 14.5. The molecule has 4 heteroatoms. The van der Waals surface area contributed by atoms with E-state index in [0.717, 1.165) is 25.8 Å². The summed E-state index contributed by atoms with van der Waals surface area (Å²) in [4.78, 5) is 13.9. The average molecular weight is 356 g/mol. The van der Waals surface area contributed by atoms with Gasteiger partial charge in [-0.15, -0.1) is 11.8 Å². The van der Waals surface area contributed by atoms with Gasteiger partial charge in [-0.1, -0.05) is 60.8 Å². The van der Waals surface area contributed by atoms with E-state index >= 15 is 0 Å². The van der Waals surface area contributed by atoms with Crippen molar-refractivity contribution in [3.8, 4) is 0 Å². The highest BCUT2D eigenvalue weighted by Crippen LogP contribution is 2.36. The Morgan fingerprint density at radius 3 is 2.75 bits per heavy atom. The zero-order valence-electron chi connectivity index (χ0n) is 12.1. The van der Waals surface area contributed by atoms with Crippen LogP contribution in [0.15, 0.2) is 29.2 Å². The largest absolute Gasteiger partial charge is 0.354 e. The third-order valence-corrected chi connectivity index (χ3v) is 6.36. The number of carbonyl (C=O) groups is 1. The predicted octanol–water partition coefficient (Wildman–Crippen LogP) is 4.02. The van der Waals surface area contributed by atoms with Crippen molar-refractivity contribution in [2.24, 2.45) is 5.92 Å². The van der Waals surface area contributed by atoms with Gasteiger partial charge in [0.2, 0.25) is 5.91 Å². The van der Waals surface area contributed by atoms with Gasteiger partial charge >= 0.3 is 0 Å². The maximum Gasteiger partial charge on any atom is 0.233 e. The Labute approximate surface area is 134 Å². The summed E-state index contributed by atoms with van der Waals surface area (Å²) >= 11 is 5.40. The standard InChI is InChI=1S/C16H22BrNOS/c1-3-11(4-2)13(17)10-18-16(19)15-9-12-7-5-6-8-14(12)20-15/h5-8,11,13,15H,3-4,9-10H2,1-2H3,(H,18,19). The lowest BCUT2D eigenvalue weighted by Crippen LogP contribution is -2.38. The van der Waals surface area contributed by atoms with Crippen LogP contribution in [0, 0.1) is 5.92 Å². The van der Waals surface area contributed by atoms with Gasteiger partial charge in [0, 0.05) is 16.3 Å². The van der Waals surface area contributed by atoms with Gasteiger partial charge in [0.1, 0.15) is 0 Å². The molecule has 0 spiro atoms. The number of thioether (sulfide) groups is 1. The number of hydrogen-bond donors (Lipinski definition) is 1. The summed E-state index contributed by atoms with van der Waals surface area (Å²) in [5.41, 5.74) is 1.30. The van der Waals surface area contributed by atoms with Crippen LogP contribution in [-0.2, 0) is 11.2 Å². The van der Waals surface area contributed by atoms with Gasteiger partial charge in [0.15, 0.2) is 0 Å². The molecule has 110 valence electrons. The zero-order chi connectivity index (χ0) is 14.5. The van der Waals surface area contributed by atoms with E-state index in [4.69, 9.17) is 0 Å². The van der Waals surface area contributed by atoms with Gasteiger partial charge in [-0.2, -0.15) is 0 Å². The number of alkyl halides is 1. The Morgan fingerprint density at radius 1 is 1.40 bits per heavy atom. The molecular formula is C16H22BrNOS. The third kappa shape index (κ3) is 3.79. The number of amides is 1. The molecule has 2 nitrogen and oxygen atoms in total. The van der Waals surface area contributed by atoms with E-state index < -0.39 is 0 Å². The van der Waals surface area contributed by atoms with Crippen LogP contribution in [0.5, 0.6) is 0 Å². The molecule has 2 atom stereocenters. The monoisotopic (exact) mass is 355 g/mol. The van der Waals surface area contributed by atoms with Crippen LogP contribution in [0.2, 0.25) is 0 Å². The molecule has 1 heterocycles. The molecule has 0 aliphatic carbocycles. The molecule has 0 aromatic heterocycles. The molecule has 2 unspecified atom stereocenters. The summed E-state index contributed by atoms with van der Waals surface area (Å²) in [6, 6.07) is 8.30. The molecule has 1 aliphatic rings. The first-order valence-corrected chi connectivity index (χ1v) is 9.11. The van der Waals surface area contributed by atoms with Crippen molar-refractivity contribution in [3.05, 3.63) is 29.8 Å². The topological polar surface area (TPSA) is 29.1 Å². The molecule has 0 saturated carbocycles. The van der Waals surface area contributed by atoms with Crippen molar-refractivity contribution in [2.45, 2.75) is 48.1 Å². The van der Waals surface area contributed by atoms with E-state index in [1.165, 1.54) is 10.5 Å². The molecule has 0 radical (unpaired) electrons. The van der Waals surface area contributed by atoms with Crippen molar-refractivity contribution >= 4 is 33.6 Å². The van der Waals surface area contributed by atoms with Crippen molar-refractivity contribution in [1.29, 1.82) is 0 Å². The fourth-order valence-electron chi connectivity index (χ4n) is 2.61. The summed E-state index contributed by atoms with van der Waals surface area (Å²) in [5, 5.41) is 3.14. The van der Waals surface area contributed by atoms with Crippen molar-refractivity contribution in [2.75, 3.05) is 6.54 Å². The van der Waals surface area contributed by atoms with E-state index in [9.17, 15) is 4.79 Å². The number of benzene rings is 1. The highest BCUT2D eigenvalue weighted by Gasteiger charge is 2.28. The molecule has 1 aromatic rings. The summed E-state index contributed by atoms with van der Waals surface area (Å²) in [7, 11) is 0. The average Bonchev–Trinajstić information content (AvgIpc) is 2.90. The third-order valence-electron chi connectivity index (χ3n) is 3.97. The molecular weight excluding hydrogens is 334 g/mol. The van der Waals surface area contributed by atoms with Gasteiger partial charge in [0.05, 0.1) is 5.25 Å². The fourth-order valence-corrected chi connectivity index (χ4v) is 4.74. The summed E-state index contributed by atoms with van der Waals surface area (Å²) in [5.74, 6) is 0.797. The Morgan fingerprint density at radius 2 is 2.10 bits per heavy atom. The molecule has 0 fully saturated rings. The summed E-state index contributed by atoms with van der Waals surface area (Å²) < 4.78 is 0. The number of carbonyl (C=O) groups excluding carboxylic acids is 1. The number of halogens is 1. The first-order chi connectivity index (χ1) is 9.65.